The van der Waals surface area contributed by atoms with Crippen LogP contribution < -0.4 is 0 Å². The van der Waals surface area contributed by atoms with Crippen molar-refractivity contribution in [2.75, 3.05) is 6.67 Å². The first kappa shape index (κ1) is 10.5. The summed E-state index contributed by atoms with van der Waals surface area (Å²) in [6.45, 7) is -2.55. The van der Waals surface area contributed by atoms with Gasteiger partial charge in [0.1, 0.15) is 6.67 Å². The molecule has 0 saturated heterocycles. The summed E-state index contributed by atoms with van der Waals surface area (Å²) in [5, 5.41) is 7.98. The molecule has 68 valence electrons. The van der Waals surface area contributed by atoms with Crippen LogP contribution in [0.3, 0.4) is 0 Å². The van der Waals surface area contributed by atoms with E-state index in [2.05, 4.69) is 0 Å². The van der Waals surface area contributed by atoms with E-state index in [0.29, 0.717) is 0 Å². The van der Waals surface area contributed by atoms with Gasteiger partial charge in [-0.1, -0.05) is 0 Å². The fourth-order valence-corrected chi connectivity index (χ4v) is 0.258. The molecule has 0 bridgehead atoms. The molecule has 0 amide bonds. The Bertz CT molecular complexity index is 131. The lowest BCUT2D eigenvalue weighted by atomic mass is 10.1. The second-order valence-corrected chi connectivity index (χ2v) is 1.86. The van der Waals surface area contributed by atoms with E-state index in [1.807, 2.05) is 0 Å². The summed E-state index contributed by atoms with van der Waals surface area (Å²) in [4.78, 5) is 0. The van der Waals surface area contributed by atoms with Crippen LogP contribution in [-0.2, 0) is 0 Å². The zero-order valence-electron chi connectivity index (χ0n) is 5.00. The van der Waals surface area contributed by atoms with E-state index in [0.717, 1.165) is 0 Å². The monoisotopic (exact) mass is 182 g/mol. The number of hydrogen-bond acceptors (Lipinski definition) is 1. The molecule has 0 aromatic rings. The first-order chi connectivity index (χ1) is 4.75. The minimum atomic E-state index is -5.64. The molecule has 0 aliphatic rings. The fourth-order valence-electron chi connectivity index (χ4n) is 0.258. The highest BCUT2D eigenvalue weighted by atomic mass is 19.4. The molecule has 1 unspecified atom stereocenters. The van der Waals surface area contributed by atoms with Gasteiger partial charge in [-0.05, 0) is 0 Å². The van der Waals surface area contributed by atoms with Gasteiger partial charge in [-0.15, -0.1) is 0 Å². The summed E-state index contributed by atoms with van der Waals surface area (Å²) in [6.07, 6.45) is -9.82. The molecule has 0 radical (unpaired) electrons. The highest BCUT2D eigenvalue weighted by Gasteiger charge is 2.60. The first-order valence-corrected chi connectivity index (χ1v) is 2.39. The molecule has 0 aliphatic carbocycles. The molecule has 7 heteroatoms. The molecule has 0 heterocycles. The van der Waals surface area contributed by atoms with Gasteiger partial charge >= 0.3 is 6.18 Å². The second kappa shape index (κ2) is 2.88. The van der Waals surface area contributed by atoms with Gasteiger partial charge in [0.2, 0.25) is 5.60 Å². The van der Waals surface area contributed by atoms with E-state index in [-0.39, 0.29) is 0 Å². The molecule has 0 aromatic heterocycles. The predicted octanol–water partition coefficient (Wildman–Crippen LogP) is 1.51. The van der Waals surface area contributed by atoms with Gasteiger partial charge in [-0.3, -0.25) is 0 Å². The van der Waals surface area contributed by atoms with Gasteiger partial charge in [-0.2, -0.15) is 13.2 Å². The van der Waals surface area contributed by atoms with E-state index in [1.165, 1.54) is 0 Å². The van der Waals surface area contributed by atoms with Crippen molar-refractivity contribution in [2.24, 2.45) is 0 Å². The highest BCUT2D eigenvalue weighted by Crippen LogP contribution is 2.35. The smallest absolute Gasteiger partial charge is 0.374 e. The van der Waals surface area contributed by atoms with Crippen molar-refractivity contribution in [3.8, 4) is 0 Å². The van der Waals surface area contributed by atoms with Crippen LogP contribution in [0.25, 0.3) is 0 Å². The van der Waals surface area contributed by atoms with Gasteiger partial charge in [-0.25, -0.2) is 13.2 Å². The third-order valence-electron chi connectivity index (χ3n) is 1.06. The number of halogens is 6. The van der Waals surface area contributed by atoms with Crippen molar-refractivity contribution in [1.82, 2.24) is 0 Å². The van der Waals surface area contributed by atoms with E-state index in [1.54, 1.807) is 0 Å². The summed E-state index contributed by atoms with van der Waals surface area (Å²) < 4.78 is 68.2. The average Bonchev–Trinajstić information content (AvgIpc) is 1.83. The molecule has 0 aromatic carbocycles. The van der Waals surface area contributed by atoms with E-state index < -0.39 is 24.9 Å². The summed E-state index contributed by atoms with van der Waals surface area (Å²) in [7, 11) is 0. The molecule has 0 saturated carbocycles. The van der Waals surface area contributed by atoms with Gasteiger partial charge in [0.05, 0.1) is 0 Å². The summed E-state index contributed by atoms with van der Waals surface area (Å²) in [5.74, 6) is 0. The van der Waals surface area contributed by atoms with E-state index in [4.69, 9.17) is 5.11 Å². The summed E-state index contributed by atoms with van der Waals surface area (Å²) >= 11 is 0. The SMILES string of the molecule is OC(CF)(C(F)F)C(F)(F)F. The maximum atomic E-state index is 11.4. The van der Waals surface area contributed by atoms with Gasteiger partial charge in [0, 0.05) is 0 Å². The van der Waals surface area contributed by atoms with Crippen LogP contribution in [-0.4, -0.2) is 30.0 Å². The van der Waals surface area contributed by atoms with Crippen LogP contribution >= 0.6 is 0 Å². The van der Waals surface area contributed by atoms with Crippen molar-refractivity contribution < 1.29 is 31.4 Å². The molecule has 1 atom stereocenters. The highest BCUT2D eigenvalue weighted by molar-refractivity contribution is 4.88. The topological polar surface area (TPSA) is 20.2 Å². The Balaban J connectivity index is 4.61. The Hall–Kier alpha value is -0.460. The molecule has 1 N–H and O–H groups in total. The molecular formula is C4H4F6O. The molecule has 11 heavy (non-hydrogen) atoms. The second-order valence-electron chi connectivity index (χ2n) is 1.86. The minimum absolute atomic E-state index is 2.55. The predicted molar refractivity (Wildman–Crippen MR) is 23.0 cm³/mol. The van der Waals surface area contributed by atoms with Crippen LogP contribution in [0.5, 0.6) is 0 Å². The molecular weight excluding hydrogens is 178 g/mol. The molecule has 0 aliphatic heterocycles. The fraction of sp³-hybridized carbons (Fsp3) is 1.00. The lowest BCUT2D eigenvalue weighted by molar-refractivity contribution is -0.301. The largest absolute Gasteiger partial charge is 0.425 e. The Morgan fingerprint density at radius 1 is 1.18 bits per heavy atom. The third-order valence-corrected chi connectivity index (χ3v) is 1.06. The van der Waals surface area contributed by atoms with Crippen LogP contribution in [0.1, 0.15) is 0 Å². The van der Waals surface area contributed by atoms with Crippen molar-refractivity contribution in [3.63, 3.8) is 0 Å². The zero-order valence-corrected chi connectivity index (χ0v) is 5.00. The number of aliphatic hydroxyl groups is 1. The van der Waals surface area contributed by atoms with Crippen molar-refractivity contribution >= 4 is 0 Å². The molecule has 1 nitrogen and oxygen atoms in total. The quantitative estimate of drug-likeness (QED) is 0.642. The van der Waals surface area contributed by atoms with Crippen LogP contribution in [0.2, 0.25) is 0 Å². The van der Waals surface area contributed by atoms with Gasteiger partial charge in [0.15, 0.2) is 0 Å². The first-order valence-electron chi connectivity index (χ1n) is 2.39. The van der Waals surface area contributed by atoms with Crippen molar-refractivity contribution in [2.45, 2.75) is 18.2 Å². The molecule has 0 fully saturated rings. The zero-order chi connectivity index (χ0) is 9.28. The number of rotatable bonds is 2. The Morgan fingerprint density at radius 3 is 1.55 bits per heavy atom. The summed E-state index contributed by atoms with van der Waals surface area (Å²) in [6, 6.07) is 0. The lowest BCUT2D eigenvalue weighted by Crippen LogP contribution is -2.53. The molecule has 0 spiro atoms. The standard InChI is InChI=1S/C4H4F6O/c5-1-3(11,2(6)7)4(8,9)10/h2,11H,1H2. The Kier molecular flexibility index (Phi) is 2.76. The van der Waals surface area contributed by atoms with Crippen LogP contribution in [0.15, 0.2) is 0 Å². The number of hydrogen-bond donors (Lipinski definition) is 1. The number of alkyl halides is 6. The van der Waals surface area contributed by atoms with Crippen LogP contribution in [0.4, 0.5) is 26.3 Å². The average molecular weight is 182 g/mol. The Morgan fingerprint density at radius 2 is 1.55 bits per heavy atom. The maximum absolute atomic E-state index is 11.4. The Labute approximate surface area is 57.6 Å². The molecule has 0 rings (SSSR count). The maximum Gasteiger partial charge on any atom is 0.425 e. The van der Waals surface area contributed by atoms with Crippen LogP contribution in [0, 0.1) is 0 Å². The minimum Gasteiger partial charge on any atom is -0.374 e. The van der Waals surface area contributed by atoms with Gasteiger partial charge < -0.3 is 5.11 Å². The van der Waals surface area contributed by atoms with Gasteiger partial charge in [0.25, 0.3) is 6.43 Å². The van der Waals surface area contributed by atoms with Crippen molar-refractivity contribution in [1.29, 1.82) is 0 Å². The normalized spacial score (nSPS) is 18.5. The summed E-state index contributed by atoms with van der Waals surface area (Å²) in [5.41, 5.74) is -4.52. The van der Waals surface area contributed by atoms with Crippen molar-refractivity contribution in [3.05, 3.63) is 0 Å². The third kappa shape index (κ3) is 1.76. The lowest BCUT2D eigenvalue weighted by Gasteiger charge is -2.25. The van der Waals surface area contributed by atoms with E-state index >= 15 is 0 Å². The van der Waals surface area contributed by atoms with E-state index in [9.17, 15) is 26.3 Å².